The van der Waals surface area contributed by atoms with E-state index in [2.05, 4.69) is 30.5 Å². The van der Waals surface area contributed by atoms with Crippen LogP contribution in [-0.2, 0) is 7.05 Å². The number of carbonyl (C=O) groups excluding carboxylic acids is 1. The van der Waals surface area contributed by atoms with Crippen LogP contribution in [0.25, 0.3) is 5.65 Å². The molecule has 1 atom stereocenters. The van der Waals surface area contributed by atoms with Crippen molar-refractivity contribution in [1.29, 1.82) is 0 Å². The normalized spacial score (nSPS) is 17.2. The van der Waals surface area contributed by atoms with E-state index in [-0.39, 0.29) is 23.2 Å². The van der Waals surface area contributed by atoms with E-state index in [4.69, 9.17) is 0 Å². The molecule has 0 radical (unpaired) electrons. The van der Waals surface area contributed by atoms with Crippen molar-refractivity contribution >= 4 is 17.4 Å². The summed E-state index contributed by atoms with van der Waals surface area (Å²) in [5, 5.41) is 14.9. The molecule has 10 heteroatoms. The van der Waals surface area contributed by atoms with Crippen molar-refractivity contribution in [1.82, 2.24) is 34.7 Å². The number of aromatic nitrogens is 6. The van der Waals surface area contributed by atoms with Gasteiger partial charge in [-0.25, -0.2) is 9.67 Å². The van der Waals surface area contributed by atoms with E-state index in [1.807, 2.05) is 4.40 Å². The number of nitrogens with one attached hydrogen (secondary N) is 1. The molecule has 1 amide bonds. The van der Waals surface area contributed by atoms with Crippen molar-refractivity contribution in [3.05, 3.63) is 46.9 Å². The minimum atomic E-state index is -0.295. The van der Waals surface area contributed by atoms with Gasteiger partial charge in [0.05, 0.1) is 0 Å². The molecule has 0 aromatic carbocycles. The van der Waals surface area contributed by atoms with Crippen molar-refractivity contribution in [3.63, 3.8) is 0 Å². The van der Waals surface area contributed by atoms with Crippen molar-refractivity contribution < 1.29 is 4.79 Å². The Morgan fingerprint density at radius 2 is 2.24 bits per heavy atom. The average Bonchev–Trinajstić information content (AvgIpc) is 3.26. The molecule has 0 saturated carbocycles. The van der Waals surface area contributed by atoms with Crippen LogP contribution in [0.3, 0.4) is 0 Å². The van der Waals surface area contributed by atoms with Crippen LogP contribution in [0.1, 0.15) is 16.9 Å². The lowest BCUT2D eigenvalue weighted by atomic mass is 10.2. The molecule has 1 saturated heterocycles. The number of nitrogens with zero attached hydrogens (tertiary/aromatic N) is 7. The topological polar surface area (TPSA) is 110 Å². The van der Waals surface area contributed by atoms with Gasteiger partial charge < -0.3 is 10.2 Å². The molecule has 3 aromatic rings. The van der Waals surface area contributed by atoms with Gasteiger partial charge in [0.2, 0.25) is 5.65 Å². The zero-order chi connectivity index (χ0) is 17.4. The molecule has 1 aliphatic heterocycles. The number of hydrogen-bond acceptors (Lipinski definition) is 7. The molecule has 128 valence electrons. The number of hydrogen-bond donors (Lipinski definition) is 1. The highest BCUT2D eigenvalue weighted by Crippen LogP contribution is 2.21. The molecule has 1 fully saturated rings. The van der Waals surface area contributed by atoms with E-state index in [0.717, 1.165) is 23.5 Å². The summed E-state index contributed by atoms with van der Waals surface area (Å²) in [6, 6.07) is 2.73. The van der Waals surface area contributed by atoms with Crippen LogP contribution in [-0.4, -0.2) is 54.4 Å². The molecule has 1 aliphatic rings. The molecular formula is C15H16N8O2. The van der Waals surface area contributed by atoms with Gasteiger partial charge in [0.1, 0.15) is 12.0 Å². The van der Waals surface area contributed by atoms with Crippen LogP contribution in [0.2, 0.25) is 0 Å². The van der Waals surface area contributed by atoms with E-state index in [1.165, 1.54) is 19.2 Å². The third kappa shape index (κ3) is 2.82. The second-order valence-electron chi connectivity index (χ2n) is 5.90. The number of carbonyl (C=O) groups is 1. The number of rotatable bonds is 3. The summed E-state index contributed by atoms with van der Waals surface area (Å²) in [5.74, 6) is 0.452. The Morgan fingerprint density at radius 3 is 3.08 bits per heavy atom. The van der Waals surface area contributed by atoms with Crippen molar-refractivity contribution in [3.8, 4) is 0 Å². The van der Waals surface area contributed by atoms with Gasteiger partial charge in [-0.1, -0.05) is 0 Å². The fourth-order valence-electron chi connectivity index (χ4n) is 2.92. The standard InChI is InChI=1S/C15H16N8O2/c1-21-12(24)3-2-11(20-21)15(25)18-10-4-6-22(8-10)13-14-19-17-9-23(14)7-5-16-13/h2-3,5,7,9-10H,4,6,8H2,1H3,(H,18,25). The molecule has 10 nitrogen and oxygen atoms in total. The van der Waals surface area contributed by atoms with Gasteiger partial charge >= 0.3 is 0 Å². The minimum Gasteiger partial charge on any atom is -0.351 e. The minimum absolute atomic E-state index is 0.0310. The van der Waals surface area contributed by atoms with Crippen molar-refractivity contribution in [2.24, 2.45) is 7.05 Å². The second kappa shape index (κ2) is 5.96. The Labute approximate surface area is 142 Å². The third-order valence-electron chi connectivity index (χ3n) is 4.21. The first kappa shape index (κ1) is 15.2. The fraction of sp³-hybridized carbons (Fsp3) is 0.333. The van der Waals surface area contributed by atoms with Crippen LogP contribution >= 0.6 is 0 Å². The zero-order valence-corrected chi connectivity index (χ0v) is 13.5. The highest BCUT2D eigenvalue weighted by atomic mass is 16.2. The predicted molar refractivity (Wildman–Crippen MR) is 88.3 cm³/mol. The lowest BCUT2D eigenvalue weighted by molar-refractivity contribution is 0.0933. The van der Waals surface area contributed by atoms with Gasteiger partial charge in [-0.05, 0) is 12.5 Å². The summed E-state index contributed by atoms with van der Waals surface area (Å²) in [6.07, 6.45) is 5.90. The molecule has 3 aromatic heterocycles. The number of amides is 1. The van der Waals surface area contributed by atoms with E-state index >= 15 is 0 Å². The maximum absolute atomic E-state index is 12.3. The molecule has 4 heterocycles. The lowest BCUT2D eigenvalue weighted by Gasteiger charge is -2.18. The van der Waals surface area contributed by atoms with E-state index < -0.39 is 0 Å². The maximum Gasteiger partial charge on any atom is 0.272 e. The summed E-state index contributed by atoms with van der Waals surface area (Å²) in [6.45, 7) is 1.38. The van der Waals surface area contributed by atoms with Crippen LogP contribution in [0, 0.1) is 0 Å². The van der Waals surface area contributed by atoms with E-state index in [0.29, 0.717) is 12.2 Å². The molecule has 1 N–H and O–H groups in total. The van der Waals surface area contributed by atoms with Crippen LogP contribution in [0.5, 0.6) is 0 Å². The summed E-state index contributed by atoms with van der Waals surface area (Å²) in [7, 11) is 1.52. The number of anilines is 1. The Hall–Kier alpha value is -3.30. The van der Waals surface area contributed by atoms with Gasteiger partial charge in [-0.2, -0.15) is 5.10 Å². The largest absolute Gasteiger partial charge is 0.351 e. The Balaban J connectivity index is 1.47. The molecule has 4 rings (SSSR count). The molecule has 1 unspecified atom stereocenters. The average molecular weight is 340 g/mol. The van der Waals surface area contributed by atoms with Crippen LogP contribution in [0.4, 0.5) is 5.82 Å². The summed E-state index contributed by atoms with van der Waals surface area (Å²) in [4.78, 5) is 30.2. The van der Waals surface area contributed by atoms with E-state index in [1.54, 1.807) is 18.7 Å². The van der Waals surface area contributed by atoms with Gasteiger partial charge in [-0.15, -0.1) is 10.2 Å². The first-order chi connectivity index (χ1) is 12.1. The van der Waals surface area contributed by atoms with Crippen LogP contribution in [0.15, 0.2) is 35.6 Å². The Morgan fingerprint density at radius 1 is 1.36 bits per heavy atom. The first-order valence-electron chi connectivity index (χ1n) is 7.86. The molecule has 25 heavy (non-hydrogen) atoms. The summed E-state index contributed by atoms with van der Waals surface area (Å²) >= 11 is 0. The highest BCUT2D eigenvalue weighted by Gasteiger charge is 2.27. The molecular weight excluding hydrogens is 324 g/mol. The second-order valence-corrected chi connectivity index (χ2v) is 5.90. The Bertz CT molecular complexity index is 994. The van der Waals surface area contributed by atoms with Gasteiger partial charge in [-0.3, -0.25) is 14.0 Å². The SMILES string of the molecule is Cn1nc(C(=O)NC2CCN(c3nccn4cnnc34)C2)ccc1=O. The third-order valence-corrected chi connectivity index (χ3v) is 4.21. The van der Waals surface area contributed by atoms with Crippen molar-refractivity contribution in [2.75, 3.05) is 18.0 Å². The van der Waals surface area contributed by atoms with Gasteiger partial charge in [0, 0.05) is 44.6 Å². The van der Waals surface area contributed by atoms with Gasteiger partial charge in [0.15, 0.2) is 5.82 Å². The number of aryl methyl sites for hydroxylation is 1. The molecule has 0 aliphatic carbocycles. The molecule has 0 spiro atoms. The quantitative estimate of drug-likeness (QED) is 0.666. The number of fused-ring (bicyclic) bond motifs is 1. The summed E-state index contributed by atoms with van der Waals surface area (Å²) in [5.41, 5.74) is 0.656. The van der Waals surface area contributed by atoms with Crippen LogP contribution < -0.4 is 15.8 Å². The Kier molecular flexibility index (Phi) is 3.64. The predicted octanol–water partition coefficient (Wildman–Crippen LogP) is -0.773. The fourth-order valence-corrected chi connectivity index (χ4v) is 2.92. The molecule has 0 bridgehead atoms. The smallest absolute Gasteiger partial charge is 0.272 e. The van der Waals surface area contributed by atoms with Gasteiger partial charge in [0.25, 0.3) is 11.5 Å². The monoisotopic (exact) mass is 340 g/mol. The zero-order valence-electron chi connectivity index (χ0n) is 13.5. The lowest BCUT2D eigenvalue weighted by Crippen LogP contribution is -2.38. The summed E-state index contributed by atoms with van der Waals surface area (Å²) < 4.78 is 2.95. The highest BCUT2D eigenvalue weighted by molar-refractivity contribution is 5.92. The maximum atomic E-state index is 12.3. The van der Waals surface area contributed by atoms with E-state index in [9.17, 15) is 9.59 Å². The van der Waals surface area contributed by atoms with Crippen molar-refractivity contribution in [2.45, 2.75) is 12.5 Å². The first-order valence-corrected chi connectivity index (χ1v) is 7.86.